The second-order valence-corrected chi connectivity index (χ2v) is 8.96. The van der Waals surface area contributed by atoms with Crippen LogP contribution in [-0.2, 0) is 0 Å². The summed E-state index contributed by atoms with van der Waals surface area (Å²) in [5.41, 5.74) is 7.60. The molecular formula is C27H33Cl3N2O4. The lowest BCUT2D eigenvalue weighted by atomic mass is 9.89. The molecule has 0 radical (unpaired) electrons. The van der Waals surface area contributed by atoms with Crippen LogP contribution in [-0.4, -0.2) is 49.5 Å². The van der Waals surface area contributed by atoms with Gasteiger partial charge in [-0.05, 0) is 61.7 Å². The first kappa shape index (κ1) is 29.9. The second kappa shape index (κ2) is 14.4. The molecule has 0 bridgehead atoms. The second-order valence-electron chi connectivity index (χ2n) is 8.55. The molecule has 0 unspecified atom stereocenters. The van der Waals surface area contributed by atoms with E-state index in [0.29, 0.717) is 34.7 Å². The fraction of sp³-hybridized carbons (Fsp3) is 0.333. The summed E-state index contributed by atoms with van der Waals surface area (Å²) < 4.78 is 16.9. The van der Waals surface area contributed by atoms with Gasteiger partial charge in [0.2, 0.25) is 0 Å². The number of methoxy groups -OCH3 is 1. The number of anilines is 1. The number of para-hydroxylation sites is 1. The van der Waals surface area contributed by atoms with Crippen LogP contribution >= 0.6 is 36.4 Å². The number of likely N-dealkylation sites (tertiary alicyclic amines) is 1. The monoisotopic (exact) mass is 554 g/mol. The molecule has 3 N–H and O–H groups in total. The van der Waals surface area contributed by atoms with Crippen LogP contribution in [0.2, 0.25) is 5.02 Å². The maximum Gasteiger partial charge on any atom is 0.163 e. The van der Waals surface area contributed by atoms with E-state index in [1.807, 2.05) is 42.5 Å². The number of hydrogen-bond donors (Lipinski definition) is 2. The lowest BCUT2D eigenvalue weighted by Crippen LogP contribution is -2.40. The topological polar surface area (TPSA) is 77.2 Å². The third-order valence-electron chi connectivity index (χ3n) is 6.10. The summed E-state index contributed by atoms with van der Waals surface area (Å²) >= 11 is 6.03. The van der Waals surface area contributed by atoms with Crippen molar-refractivity contribution in [2.24, 2.45) is 0 Å². The summed E-state index contributed by atoms with van der Waals surface area (Å²) in [6, 6.07) is 21.4. The van der Waals surface area contributed by atoms with Crippen molar-refractivity contribution in [3.8, 4) is 23.0 Å². The molecule has 1 aliphatic heterocycles. The van der Waals surface area contributed by atoms with Crippen molar-refractivity contribution < 1.29 is 19.3 Å². The van der Waals surface area contributed by atoms with Crippen molar-refractivity contribution in [3.63, 3.8) is 0 Å². The van der Waals surface area contributed by atoms with Gasteiger partial charge in [0, 0.05) is 18.7 Å². The Labute approximate surface area is 230 Å². The van der Waals surface area contributed by atoms with Gasteiger partial charge in [0.15, 0.2) is 11.5 Å². The molecule has 0 aliphatic carbocycles. The van der Waals surface area contributed by atoms with Crippen molar-refractivity contribution in [3.05, 3.63) is 77.3 Å². The summed E-state index contributed by atoms with van der Waals surface area (Å²) in [5, 5.41) is 10.9. The lowest BCUT2D eigenvalue weighted by molar-refractivity contribution is 0.0586. The minimum atomic E-state index is -0.618. The van der Waals surface area contributed by atoms with E-state index in [0.717, 1.165) is 37.4 Å². The smallest absolute Gasteiger partial charge is 0.163 e. The van der Waals surface area contributed by atoms with Crippen molar-refractivity contribution in [1.82, 2.24) is 4.90 Å². The number of nitrogens with zero attached hydrogens (tertiary/aromatic N) is 1. The van der Waals surface area contributed by atoms with Crippen LogP contribution in [0.4, 0.5) is 5.69 Å². The number of hydrogen-bond acceptors (Lipinski definition) is 6. The Morgan fingerprint density at radius 2 is 1.61 bits per heavy atom. The molecule has 36 heavy (non-hydrogen) atoms. The summed E-state index contributed by atoms with van der Waals surface area (Å²) in [7, 11) is 1.54. The van der Waals surface area contributed by atoms with Gasteiger partial charge in [-0.25, -0.2) is 0 Å². The van der Waals surface area contributed by atoms with E-state index < -0.39 is 6.10 Å². The maximum absolute atomic E-state index is 10.5. The summed E-state index contributed by atoms with van der Waals surface area (Å²) in [6.45, 7) is 2.57. The molecule has 1 aliphatic rings. The summed E-state index contributed by atoms with van der Waals surface area (Å²) in [6.07, 6.45) is 1.48. The van der Waals surface area contributed by atoms with Gasteiger partial charge in [-0.3, -0.25) is 0 Å². The quantitative estimate of drug-likeness (QED) is 0.307. The zero-order chi connectivity index (χ0) is 23.9. The van der Waals surface area contributed by atoms with E-state index >= 15 is 0 Å². The number of ether oxygens (including phenoxy) is 3. The highest BCUT2D eigenvalue weighted by Gasteiger charge is 2.23. The van der Waals surface area contributed by atoms with Gasteiger partial charge in [0.1, 0.15) is 24.2 Å². The van der Waals surface area contributed by atoms with E-state index in [1.165, 1.54) is 5.56 Å². The normalized spacial score (nSPS) is 14.8. The maximum atomic E-state index is 10.5. The third kappa shape index (κ3) is 8.08. The first-order chi connectivity index (χ1) is 16.5. The highest BCUT2D eigenvalue weighted by molar-refractivity contribution is 6.33. The Bertz CT molecular complexity index is 1060. The number of β-amino-alcohol motifs (C(OH)–C–C–N with tert-alkyl or cyclic N) is 1. The molecular weight excluding hydrogens is 523 g/mol. The number of aliphatic hydroxyl groups is 1. The van der Waals surface area contributed by atoms with E-state index in [9.17, 15) is 5.11 Å². The molecule has 6 nitrogen and oxygen atoms in total. The Balaban J connectivity index is 0.00000228. The average Bonchev–Trinajstić information content (AvgIpc) is 2.86. The van der Waals surface area contributed by atoms with Crippen LogP contribution in [0.1, 0.15) is 24.3 Å². The first-order valence-electron chi connectivity index (χ1n) is 11.5. The van der Waals surface area contributed by atoms with Gasteiger partial charge in [0.25, 0.3) is 0 Å². The highest BCUT2D eigenvalue weighted by Crippen LogP contribution is 2.35. The molecule has 4 rings (SSSR count). The van der Waals surface area contributed by atoms with Gasteiger partial charge >= 0.3 is 0 Å². The standard InChI is InChI=1S/C27H31ClN2O4.2ClH/c1-32-26-15-24(28)25(29)16-27(26)33-18-21(31)17-30-13-11-20(12-14-30)19-7-9-23(10-8-19)34-22-5-3-2-4-6-22;;/h2-10,15-16,20-21,31H,11-14,17-18,29H2,1H3;2*1H/t21-;;/m0../s1. The molecule has 3 aromatic rings. The van der Waals surface area contributed by atoms with E-state index in [2.05, 4.69) is 17.0 Å². The number of benzene rings is 3. The van der Waals surface area contributed by atoms with Gasteiger partial charge in [-0.1, -0.05) is 41.9 Å². The van der Waals surface area contributed by atoms with E-state index in [-0.39, 0.29) is 31.4 Å². The van der Waals surface area contributed by atoms with Gasteiger partial charge in [0.05, 0.1) is 17.8 Å². The van der Waals surface area contributed by atoms with Crippen molar-refractivity contribution in [2.45, 2.75) is 24.9 Å². The zero-order valence-corrected chi connectivity index (χ0v) is 22.5. The minimum Gasteiger partial charge on any atom is -0.493 e. The van der Waals surface area contributed by atoms with Crippen LogP contribution in [0.3, 0.4) is 0 Å². The predicted molar refractivity (Wildman–Crippen MR) is 150 cm³/mol. The van der Waals surface area contributed by atoms with Crippen LogP contribution < -0.4 is 19.9 Å². The molecule has 3 aromatic carbocycles. The number of rotatable bonds is 9. The number of piperidine rings is 1. The molecule has 1 fully saturated rings. The van der Waals surface area contributed by atoms with Crippen LogP contribution in [0.15, 0.2) is 66.7 Å². The van der Waals surface area contributed by atoms with E-state index in [1.54, 1.807) is 19.2 Å². The SMILES string of the molecule is COc1cc(Cl)c(N)cc1OC[C@@H](O)CN1CCC(c2ccc(Oc3ccccc3)cc2)CC1.Cl.Cl. The van der Waals surface area contributed by atoms with Gasteiger partial charge in [-0.15, -0.1) is 24.8 Å². The van der Waals surface area contributed by atoms with Crippen LogP contribution in [0, 0.1) is 0 Å². The molecule has 0 amide bonds. The largest absolute Gasteiger partial charge is 0.493 e. The van der Waals surface area contributed by atoms with Gasteiger partial charge in [-0.2, -0.15) is 0 Å². The third-order valence-corrected chi connectivity index (χ3v) is 6.43. The van der Waals surface area contributed by atoms with Crippen LogP contribution in [0.5, 0.6) is 23.0 Å². The van der Waals surface area contributed by atoms with Crippen molar-refractivity contribution in [1.29, 1.82) is 0 Å². The Morgan fingerprint density at radius 1 is 0.972 bits per heavy atom. The molecule has 1 atom stereocenters. The number of nitrogen functional groups attached to an aromatic ring is 1. The zero-order valence-electron chi connectivity index (χ0n) is 20.1. The molecule has 196 valence electrons. The fourth-order valence-electron chi connectivity index (χ4n) is 4.24. The fourth-order valence-corrected chi connectivity index (χ4v) is 4.40. The summed E-state index contributed by atoms with van der Waals surface area (Å²) in [4.78, 5) is 2.28. The van der Waals surface area contributed by atoms with Crippen molar-refractivity contribution >= 4 is 42.1 Å². The predicted octanol–water partition coefficient (Wildman–Crippen LogP) is 6.19. The molecule has 1 saturated heterocycles. The molecule has 0 spiro atoms. The van der Waals surface area contributed by atoms with Crippen molar-refractivity contribution in [2.75, 3.05) is 39.1 Å². The van der Waals surface area contributed by atoms with Gasteiger partial charge < -0.3 is 30.0 Å². The van der Waals surface area contributed by atoms with E-state index in [4.69, 9.17) is 31.5 Å². The Morgan fingerprint density at radius 3 is 2.25 bits per heavy atom. The highest BCUT2D eigenvalue weighted by atomic mass is 35.5. The minimum absolute atomic E-state index is 0. The first-order valence-corrected chi connectivity index (χ1v) is 11.9. The molecule has 9 heteroatoms. The average molecular weight is 556 g/mol. The number of aliphatic hydroxyl groups excluding tert-OH is 1. The lowest BCUT2D eigenvalue weighted by Gasteiger charge is -2.33. The molecule has 1 heterocycles. The molecule has 0 aromatic heterocycles. The number of halogens is 3. The Hall–Kier alpha value is -2.35. The molecule has 0 saturated carbocycles. The number of nitrogens with two attached hydrogens (primary N) is 1. The Kier molecular flexibility index (Phi) is 12.0. The van der Waals surface area contributed by atoms with Crippen LogP contribution in [0.25, 0.3) is 0 Å². The summed E-state index contributed by atoms with van der Waals surface area (Å²) in [5.74, 6) is 3.16.